The third-order valence-electron chi connectivity index (χ3n) is 3.12. The number of aromatic carboxylic acids is 1. The van der Waals surface area contributed by atoms with E-state index in [9.17, 15) is 9.59 Å². The van der Waals surface area contributed by atoms with E-state index < -0.39 is 18.2 Å². The molecule has 24 heavy (non-hydrogen) atoms. The standard InChI is InChI=1S/C16H15BrClNO5/c1-8-12(16(21)22)6-11(23-8)7-15(20)24-9(2)19-14-4-3-10(17)5-13(14)18/h3-6,9,19H,7H2,1-2H3,(H,21,22). The van der Waals surface area contributed by atoms with Crippen LogP contribution in [0, 0.1) is 6.92 Å². The number of hydrogen-bond donors (Lipinski definition) is 2. The molecule has 8 heteroatoms. The molecule has 0 aliphatic rings. The molecule has 1 aromatic carbocycles. The van der Waals surface area contributed by atoms with Crippen molar-refractivity contribution in [3.05, 3.63) is 50.8 Å². The van der Waals surface area contributed by atoms with Crippen LogP contribution in [-0.2, 0) is 16.0 Å². The SMILES string of the molecule is Cc1oc(CC(=O)OC(C)Nc2ccc(Br)cc2Cl)cc1C(=O)O. The molecule has 0 saturated carbocycles. The molecule has 0 saturated heterocycles. The second-order valence-corrected chi connectivity index (χ2v) is 6.39. The second kappa shape index (κ2) is 7.72. The summed E-state index contributed by atoms with van der Waals surface area (Å²) in [7, 11) is 0. The monoisotopic (exact) mass is 415 g/mol. The van der Waals surface area contributed by atoms with Gasteiger partial charge in [-0.2, -0.15) is 0 Å². The Morgan fingerprint density at radius 1 is 1.42 bits per heavy atom. The van der Waals surface area contributed by atoms with Gasteiger partial charge in [0.2, 0.25) is 0 Å². The number of furan rings is 1. The lowest BCUT2D eigenvalue weighted by Crippen LogP contribution is -2.24. The van der Waals surface area contributed by atoms with E-state index in [0.29, 0.717) is 10.7 Å². The van der Waals surface area contributed by atoms with Crippen molar-refractivity contribution in [2.45, 2.75) is 26.5 Å². The van der Waals surface area contributed by atoms with E-state index >= 15 is 0 Å². The van der Waals surface area contributed by atoms with Crippen molar-refractivity contribution < 1.29 is 23.8 Å². The first-order chi connectivity index (χ1) is 11.3. The Hall–Kier alpha value is -1.99. The summed E-state index contributed by atoms with van der Waals surface area (Å²) in [6, 6.07) is 6.60. The number of carboxylic acids is 1. The van der Waals surface area contributed by atoms with Crippen LogP contribution < -0.4 is 5.32 Å². The molecule has 1 unspecified atom stereocenters. The lowest BCUT2D eigenvalue weighted by molar-refractivity contribution is -0.146. The number of rotatable bonds is 6. The molecule has 128 valence electrons. The van der Waals surface area contributed by atoms with Crippen LogP contribution in [-0.4, -0.2) is 23.3 Å². The van der Waals surface area contributed by atoms with E-state index in [2.05, 4.69) is 21.2 Å². The summed E-state index contributed by atoms with van der Waals surface area (Å²) in [5, 5.41) is 12.4. The molecule has 0 spiro atoms. The smallest absolute Gasteiger partial charge is 0.339 e. The van der Waals surface area contributed by atoms with E-state index in [1.165, 1.54) is 13.0 Å². The summed E-state index contributed by atoms with van der Waals surface area (Å²) in [6.07, 6.45) is -0.778. The largest absolute Gasteiger partial charge is 0.478 e. The van der Waals surface area contributed by atoms with E-state index in [1.54, 1.807) is 19.1 Å². The van der Waals surface area contributed by atoms with Crippen LogP contribution in [0.5, 0.6) is 0 Å². The van der Waals surface area contributed by atoms with Crippen molar-refractivity contribution in [3.63, 3.8) is 0 Å². The fraction of sp³-hybridized carbons (Fsp3) is 0.250. The predicted octanol–water partition coefficient (Wildman–Crippen LogP) is 4.25. The molecule has 0 amide bonds. The average molecular weight is 417 g/mol. The molecule has 2 aromatic rings. The number of ether oxygens (including phenoxy) is 1. The number of nitrogens with one attached hydrogen (secondary N) is 1. The number of hydrogen-bond acceptors (Lipinski definition) is 5. The van der Waals surface area contributed by atoms with Gasteiger partial charge in [0, 0.05) is 4.47 Å². The van der Waals surface area contributed by atoms with Crippen molar-refractivity contribution in [2.24, 2.45) is 0 Å². The second-order valence-electron chi connectivity index (χ2n) is 5.07. The zero-order valence-corrected chi connectivity index (χ0v) is 15.3. The predicted molar refractivity (Wildman–Crippen MR) is 92.4 cm³/mol. The van der Waals surface area contributed by atoms with Gasteiger partial charge in [0.05, 0.1) is 10.7 Å². The number of halogens is 2. The van der Waals surface area contributed by atoms with Gasteiger partial charge >= 0.3 is 11.9 Å². The van der Waals surface area contributed by atoms with Gasteiger partial charge in [-0.05, 0) is 38.1 Å². The molecule has 0 aliphatic heterocycles. The molecule has 2 rings (SSSR count). The lowest BCUT2D eigenvalue weighted by Gasteiger charge is -2.17. The molecular formula is C16H15BrClNO5. The van der Waals surface area contributed by atoms with Crippen molar-refractivity contribution >= 4 is 45.2 Å². The van der Waals surface area contributed by atoms with Crippen molar-refractivity contribution in [3.8, 4) is 0 Å². The van der Waals surface area contributed by atoms with Gasteiger partial charge in [-0.15, -0.1) is 0 Å². The number of benzene rings is 1. The first-order valence-electron chi connectivity index (χ1n) is 7.00. The summed E-state index contributed by atoms with van der Waals surface area (Å²) < 4.78 is 11.3. The van der Waals surface area contributed by atoms with Crippen molar-refractivity contribution in [1.29, 1.82) is 0 Å². The molecule has 0 fully saturated rings. The highest BCUT2D eigenvalue weighted by Crippen LogP contribution is 2.26. The maximum absolute atomic E-state index is 11.9. The van der Waals surface area contributed by atoms with E-state index in [1.807, 2.05) is 6.07 Å². The van der Waals surface area contributed by atoms with Crippen molar-refractivity contribution in [1.82, 2.24) is 0 Å². The molecule has 1 heterocycles. The molecule has 2 N–H and O–H groups in total. The molecule has 0 radical (unpaired) electrons. The van der Waals surface area contributed by atoms with E-state index in [-0.39, 0.29) is 23.5 Å². The Bertz CT molecular complexity index is 774. The molecule has 1 aromatic heterocycles. The van der Waals surface area contributed by atoms with Crippen LogP contribution in [0.4, 0.5) is 5.69 Å². The zero-order chi connectivity index (χ0) is 17.9. The summed E-state index contributed by atoms with van der Waals surface area (Å²) in [4.78, 5) is 22.9. The Balaban J connectivity index is 1.94. The van der Waals surface area contributed by atoms with Gasteiger partial charge in [-0.25, -0.2) is 4.79 Å². The average Bonchev–Trinajstić information content (AvgIpc) is 2.82. The van der Waals surface area contributed by atoms with E-state index in [4.69, 9.17) is 25.9 Å². The van der Waals surface area contributed by atoms with Gasteiger partial charge in [-0.1, -0.05) is 27.5 Å². The summed E-state index contributed by atoms with van der Waals surface area (Å²) in [5.41, 5.74) is 0.660. The van der Waals surface area contributed by atoms with Gasteiger partial charge in [0.1, 0.15) is 23.5 Å². The van der Waals surface area contributed by atoms with Crippen LogP contribution >= 0.6 is 27.5 Å². The first kappa shape index (κ1) is 18.4. The van der Waals surface area contributed by atoms with Crippen LogP contribution in [0.15, 0.2) is 33.2 Å². The Morgan fingerprint density at radius 2 is 2.12 bits per heavy atom. The normalized spacial score (nSPS) is 11.8. The number of anilines is 1. The lowest BCUT2D eigenvalue weighted by atomic mass is 10.2. The maximum atomic E-state index is 11.9. The van der Waals surface area contributed by atoms with E-state index in [0.717, 1.165) is 4.47 Å². The van der Waals surface area contributed by atoms with Crippen LogP contribution in [0.3, 0.4) is 0 Å². The number of esters is 1. The summed E-state index contributed by atoms with van der Waals surface area (Å²) in [5.74, 6) is -1.16. The van der Waals surface area contributed by atoms with Crippen LogP contribution in [0.1, 0.15) is 28.8 Å². The van der Waals surface area contributed by atoms with Gasteiger partial charge in [0.15, 0.2) is 6.23 Å². The zero-order valence-electron chi connectivity index (χ0n) is 12.9. The minimum absolute atomic E-state index is 0.0330. The summed E-state index contributed by atoms with van der Waals surface area (Å²) in [6.45, 7) is 3.18. The highest BCUT2D eigenvalue weighted by Gasteiger charge is 2.18. The maximum Gasteiger partial charge on any atom is 0.339 e. The first-order valence-corrected chi connectivity index (χ1v) is 8.17. The highest BCUT2D eigenvalue weighted by atomic mass is 79.9. The Kier molecular flexibility index (Phi) is 5.90. The quantitative estimate of drug-likeness (QED) is 0.541. The number of aryl methyl sites for hydroxylation is 1. The minimum atomic E-state index is -1.10. The number of carbonyl (C=O) groups excluding carboxylic acids is 1. The molecule has 0 bridgehead atoms. The van der Waals surface area contributed by atoms with Gasteiger partial charge < -0.3 is 19.6 Å². The van der Waals surface area contributed by atoms with Crippen LogP contribution in [0.25, 0.3) is 0 Å². The molecule has 6 nitrogen and oxygen atoms in total. The number of carboxylic acid groups (broad SMARTS) is 1. The molecular weight excluding hydrogens is 402 g/mol. The van der Waals surface area contributed by atoms with Crippen molar-refractivity contribution in [2.75, 3.05) is 5.32 Å². The molecule has 0 aliphatic carbocycles. The van der Waals surface area contributed by atoms with Gasteiger partial charge in [0.25, 0.3) is 0 Å². The topological polar surface area (TPSA) is 88.8 Å². The van der Waals surface area contributed by atoms with Gasteiger partial charge in [-0.3, -0.25) is 4.79 Å². The Morgan fingerprint density at radius 3 is 2.71 bits per heavy atom. The minimum Gasteiger partial charge on any atom is -0.478 e. The third-order valence-corrected chi connectivity index (χ3v) is 3.92. The Labute approximate surface area is 151 Å². The summed E-state index contributed by atoms with van der Waals surface area (Å²) >= 11 is 9.39. The molecule has 1 atom stereocenters. The fourth-order valence-electron chi connectivity index (χ4n) is 2.08. The third kappa shape index (κ3) is 4.75. The fourth-order valence-corrected chi connectivity index (χ4v) is 2.81. The van der Waals surface area contributed by atoms with Crippen LogP contribution in [0.2, 0.25) is 5.02 Å². The highest BCUT2D eigenvalue weighted by molar-refractivity contribution is 9.10. The number of carbonyl (C=O) groups is 2.